The quantitative estimate of drug-likeness (QED) is 0.877. The Morgan fingerprint density at radius 2 is 2.26 bits per heavy atom. The molecular formula is C20H22N4O3. The molecule has 1 unspecified atom stereocenters. The van der Waals surface area contributed by atoms with Gasteiger partial charge in [0.05, 0.1) is 31.0 Å². The number of hydrogen-bond acceptors (Lipinski definition) is 5. The van der Waals surface area contributed by atoms with Gasteiger partial charge < -0.3 is 19.7 Å². The van der Waals surface area contributed by atoms with Gasteiger partial charge in [-0.25, -0.2) is 9.78 Å². The van der Waals surface area contributed by atoms with E-state index >= 15 is 0 Å². The lowest BCUT2D eigenvalue weighted by Crippen LogP contribution is -2.43. The van der Waals surface area contributed by atoms with Crippen molar-refractivity contribution in [2.24, 2.45) is 5.92 Å². The molecule has 1 aliphatic rings. The molecule has 0 saturated carbocycles. The number of ether oxygens (including phenoxy) is 2. The number of methoxy groups -OCH3 is 1. The number of pyridine rings is 1. The molecule has 0 bridgehead atoms. The van der Waals surface area contributed by atoms with Crippen LogP contribution in [-0.4, -0.2) is 42.7 Å². The van der Waals surface area contributed by atoms with Crippen molar-refractivity contribution in [3.05, 3.63) is 48.2 Å². The zero-order valence-electron chi connectivity index (χ0n) is 15.2. The number of carbonyl (C=O) groups is 1. The van der Waals surface area contributed by atoms with Gasteiger partial charge in [-0.3, -0.25) is 0 Å². The monoisotopic (exact) mass is 366 g/mol. The molecule has 1 fully saturated rings. The van der Waals surface area contributed by atoms with Gasteiger partial charge in [-0.2, -0.15) is 5.26 Å². The highest BCUT2D eigenvalue weighted by Gasteiger charge is 2.25. The molecule has 1 aliphatic heterocycles. The number of rotatable bonds is 5. The van der Waals surface area contributed by atoms with Crippen LogP contribution in [0.4, 0.5) is 10.5 Å². The molecule has 1 atom stereocenters. The Labute approximate surface area is 158 Å². The lowest BCUT2D eigenvalue weighted by molar-refractivity contribution is 0.143. The van der Waals surface area contributed by atoms with E-state index in [-0.39, 0.29) is 11.9 Å². The van der Waals surface area contributed by atoms with Gasteiger partial charge in [0.25, 0.3) is 0 Å². The number of carbonyl (C=O) groups excluding carboxylic acids is 1. The normalized spacial score (nSPS) is 16.3. The Kier molecular flexibility index (Phi) is 6.10. The first-order valence-electron chi connectivity index (χ1n) is 8.87. The number of amides is 2. The summed E-state index contributed by atoms with van der Waals surface area (Å²) in [4.78, 5) is 18.5. The number of aromatic nitrogens is 1. The summed E-state index contributed by atoms with van der Waals surface area (Å²) in [6.07, 6.45) is 3.46. The first kappa shape index (κ1) is 18.5. The van der Waals surface area contributed by atoms with E-state index in [4.69, 9.17) is 14.7 Å². The minimum absolute atomic E-state index is 0.145. The van der Waals surface area contributed by atoms with Gasteiger partial charge in [0.15, 0.2) is 0 Å². The molecule has 1 aromatic heterocycles. The predicted octanol–water partition coefficient (Wildman–Crippen LogP) is 3.28. The molecule has 2 heterocycles. The molecule has 0 aliphatic carbocycles. The van der Waals surface area contributed by atoms with Crippen molar-refractivity contribution in [3.63, 3.8) is 0 Å². The lowest BCUT2D eigenvalue weighted by Gasteiger charge is -2.32. The van der Waals surface area contributed by atoms with Crippen molar-refractivity contribution < 1.29 is 14.3 Å². The molecule has 1 aromatic carbocycles. The Balaban J connectivity index is 1.55. The highest BCUT2D eigenvalue weighted by atomic mass is 16.5. The molecule has 2 amide bonds. The summed E-state index contributed by atoms with van der Waals surface area (Å²) in [7, 11) is 1.58. The van der Waals surface area contributed by atoms with Crippen molar-refractivity contribution in [1.82, 2.24) is 9.88 Å². The third-order valence-corrected chi connectivity index (χ3v) is 4.49. The fraction of sp³-hybridized carbons (Fsp3) is 0.350. The van der Waals surface area contributed by atoms with Crippen LogP contribution in [0.25, 0.3) is 0 Å². The van der Waals surface area contributed by atoms with Crippen LogP contribution in [-0.2, 0) is 0 Å². The molecule has 0 spiro atoms. The number of likely N-dealkylation sites (tertiary alicyclic amines) is 1. The lowest BCUT2D eigenvalue weighted by atomic mass is 9.99. The van der Waals surface area contributed by atoms with E-state index in [1.807, 2.05) is 24.3 Å². The fourth-order valence-corrected chi connectivity index (χ4v) is 3.09. The zero-order chi connectivity index (χ0) is 19.1. The van der Waals surface area contributed by atoms with Crippen molar-refractivity contribution in [2.75, 3.05) is 32.1 Å². The molecule has 1 saturated heterocycles. The van der Waals surface area contributed by atoms with Gasteiger partial charge >= 0.3 is 6.03 Å². The van der Waals surface area contributed by atoms with Crippen LogP contribution < -0.4 is 14.8 Å². The first-order valence-corrected chi connectivity index (χ1v) is 8.87. The molecule has 3 rings (SSSR count). The minimum Gasteiger partial charge on any atom is -0.495 e. The van der Waals surface area contributed by atoms with Crippen LogP contribution in [0.2, 0.25) is 0 Å². The maximum absolute atomic E-state index is 12.6. The summed E-state index contributed by atoms with van der Waals surface area (Å²) >= 11 is 0. The summed E-state index contributed by atoms with van der Waals surface area (Å²) in [5.41, 5.74) is 1.17. The Hall–Kier alpha value is -3.27. The van der Waals surface area contributed by atoms with Gasteiger partial charge in [0.2, 0.25) is 5.88 Å². The summed E-state index contributed by atoms with van der Waals surface area (Å²) in [5.74, 6) is 1.28. The van der Waals surface area contributed by atoms with Crippen LogP contribution in [0.3, 0.4) is 0 Å². The number of anilines is 1. The number of para-hydroxylation sites is 2. The Morgan fingerprint density at radius 1 is 1.41 bits per heavy atom. The molecule has 140 valence electrons. The van der Waals surface area contributed by atoms with E-state index in [2.05, 4.69) is 16.4 Å². The highest BCUT2D eigenvalue weighted by Crippen LogP contribution is 2.25. The molecule has 7 nitrogen and oxygen atoms in total. The van der Waals surface area contributed by atoms with Gasteiger partial charge in [0, 0.05) is 31.3 Å². The molecule has 2 aromatic rings. The van der Waals surface area contributed by atoms with E-state index in [1.165, 1.54) is 0 Å². The second kappa shape index (κ2) is 8.90. The molecule has 27 heavy (non-hydrogen) atoms. The smallest absolute Gasteiger partial charge is 0.321 e. The third kappa shape index (κ3) is 4.88. The van der Waals surface area contributed by atoms with Gasteiger partial charge in [-0.1, -0.05) is 12.1 Å². The van der Waals surface area contributed by atoms with Gasteiger partial charge in [-0.05, 0) is 31.0 Å². The molecule has 1 N–H and O–H groups in total. The number of nitriles is 1. The van der Waals surface area contributed by atoms with E-state index in [0.717, 1.165) is 12.8 Å². The van der Waals surface area contributed by atoms with Crippen LogP contribution in [0.5, 0.6) is 11.6 Å². The maximum Gasteiger partial charge on any atom is 0.321 e. The average molecular weight is 366 g/mol. The Bertz CT molecular complexity index is 834. The summed E-state index contributed by atoms with van der Waals surface area (Å²) in [6.45, 7) is 1.78. The number of urea groups is 1. The second-order valence-corrected chi connectivity index (χ2v) is 6.39. The predicted molar refractivity (Wildman–Crippen MR) is 101 cm³/mol. The summed E-state index contributed by atoms with van der Waals surface area (Å²) < 4.78 is 11.0. The SMILES string of the molecule is COc1ccccc1NC(=O)N1CCCC(COc2cc(C#N)ccn2)C1. The second-order valence-electron chi connectivity index (χ2n) is 6.39. The van der Waals surface area contributed by atoms with E-state index in [0.29, 0.717) is 42.6 Å². The molecular weight excluding hydrogens is 344 g/mol. The average Bonchev–Trinajstić information content (AvgIpc) is 2.73. The third-order valence-electron chi connectivity index (χ3n) is 4.49. The topological polar surface area (TPSA) is 87.5 Å². The Morgan fingerprint density at radius 3 is 3.07 bits per heavy atom. The molecule has 0 radical (unpaired) electrons. The number of benzene rings is 1. The standard InChI is InChI=1S/C20H22N4O3/c1-26-18-7-3-2-6-17(18)23-20(25)24-10-4-5-16(13-24)14-27-19-11-15(12-21)8-9-22-19/h2-3,6-9,11,16H,4-5,10,13-14H2,1H3,(H,23,25). The van der Waals surface area contributed by atoms with Crippen LogP contribution >= 0.6 is 0 Å². The first-order chi connectivity index (χ1) is 13.2. The highest BCUT2D eigenvalue weighted by molar-refractivity contribution is 5.91. The van der Waals surface area contributed by atoms with Gasteiger partial charge in [-0.15, -0.1) is 0 Å². The number of nitrogens with zero attached hydrogens (tertiary/aromatic N) is 3. The number of nitrogens with one attached hydrogen (secondary N) is 1. The fourth-order valence-electron chi connectivity index (χ4n) is 3.09. The zero-order valence-corrected chi connectivity index (χ0v) is 15.2. The van der Waals surface area contributed by atoms with Crippen molar-refractivity contribution >= 4 is 11.7 Å². The van der Waals surface area contributed by atoms with Crippen LogP contribution in [0, 0.1) is 17.2 Å². The largest absolute Gasteiger partial charge is 0.495 e. The van der Waals surface area contributed by atoms with Crippen LogP contribution in [0.1, 0.15) is 18.4 Å². The van der Waals surface area contributed by atoms with Crippen molar-refractivity contribution in [1.29, 1.82) is 5.26 Å². The van der Waals surface area contributed by atoms with E-state index < -0.39 is 0 Å². The summed E-state index contributed by atoms with van der Waals surface area (Å²) in [5, 5.41) is 11.9. The van der Waals surface area contributed by atoms with Crippen molar-refractivity contribution in [2.45, 2.75) is 12.8 Å². The maximum atomic E-state index is 12.6. The summed E-state index contributed by atoms with van der Waals surface area (Å²) in [6, 6.07) is 12.5. The van der Waals surface area contributed by atoms with Crippen molar-refractivity contribution in [3.8, 4) is 17.7 Å². The van der Waals surface area contributed by atoms with Crippen LogP contribution in [0.15, 0.2) is 42.6 Å². The van der Waals surface area contributed by atoms with Gasteiger partial charge in [0.1, 0.15) is 5.75 Å². The van der Waals surface area contributed by atoms with E-state index in [1.54, 1.807) is 30.3 Å². The minimum atomic E-state index is -0.145. The van der Waals surface area contributed by atoms with E-state index in [9.17, 15) is 4.79 Å². The number of hydrogen-bond donors (Lipinski definition) is 1. The molecule has 7 heteroatoms. The number of piperidine rings is 1.